The fraction of sp³-hybridized carbons (Fsp3) is 0.385. The van der Waals surface area contributed by atoms with Gasteiger partial charge in [-0.2, -0.15) is 17.5 Å². The number of halogens is 4. The molecular weight excluding hydrogens is 373 g/mol. The summed E-state index contributed by atoms with van der Waals surface area (Å²) in [5.74, 6) is 0. The number of nitrogens with zero attached hydrogens (tertiary/aromatic N) is 2. The second-order valence-corrected chi connectivity index (χ2v) is 7.49. The first-order valence-corrected chi connectivity index (χ1v) is 8.47. The molecule has 0 fully saturated rings. The highest BCUT2D eigenvalue weighted by Crippen LogP contribution is 2.34. The lowest BCUT2D eigenvalue weighted by Crippen LogP contribution is -2.36. The van der Waals surface area contributed by atoms with E-state index >= 15 is 0 Å². The van der Waals surface area contributed by atoms with E-state index in [1.54, 1.807) is 0 Å². The molecular formula is C13H12ClF3N2O4S. The van der Waals surface area contributed by atoms with E-state index in [4.69, 9.17) is 11.6 Å². The Morgan fingerprint density at radius 3 is 2.42 bits per heavy atom. The van der Waals surface area contributed by atoms with E-state index in [9.17, 15) is 31.7 Å². The Labute approximate surface area is 140 Å². The average molecular weight is 385 g/mol. The van der Waals surface area contributed by atoms with Gasteiger partial charge in [0.25, 0.3) is 5.69 Å². The first-order valence-electron chi connectivity index (χ1n) is 6.65. The maximum Gasteiger partial charge on any atom is 0.412 e. The number of hydrogen-bond acceptors (Lipinski definition) is 4. The summed E-state index contributed by atoms with van der Waals surface area (Å²) >= 11 is 5.84. The molecule has 1 aliphatic heterocycles. The smallest absolute Gasteiger partial charge is 0.258 e. The van der Waals surface area contributed by atoms with Gasteiger partial charge < -0.3 is 0 Å². The minimum absolute atomic E-state index is 0.105. The molecule has 0 saturated carbocycles. The van der Waals surface area contributed by atoms with Crippen LogP contribution >= 0.6 is 11.6 Å². The van der Waals surface area contributed by atoms with E-state index in [0.717, 1.165) is 22.5 Å². The first-order chi connectivity index (χ1) is 10.9. The number of nitro groups is 1. The van der Waals surface area contributed by atoms with Crippen molar-refractivity contribution < 1.29 is 26.5 Å². The Morgan fingerprint density at radius 2 is 1.96 bits per heavy atom. The fourth-order valence-electron chi connectivity index (χ4n) is 2.25. The molecule has 0 saturated heterocycles. The Hall–Kier alpha value is -1.65. The van der Waals surface area contributed by atoms with Crippen LogP contribution in [0.25, 0.3) is 0 Å². The van der Waals surface area contributed by atoms with Crippen molar-refractivity contribution in [3.05, 3.63) is 44.5 Å². The third kappa shape index (κ3) is 3.55. The van der Waals surface area contributed by atoms with Crippen LogP contribution in [-0.4, -0.2) is 36.9 Å². The molecule has 1 heterocycles. The van der Waals surface area contributed by atoms with E-state index in [1.807, 2.05) is 0 Å². The quantitative estimate of drug-likeness (QED) is 0.454. The maximum absolute atomic E-state index is 12.6. The predicted molar refractivity (Wildman–Crippen MR) is 80.4 cm³/mol. The van der Waals surface area contributed by atoms with Gasteiger partial charge in [0.15, 0.2) is 0 Å². The standard InChI is InChI=1S/C13H12ClF3N2O4S/c1-8-11(14)6-10(7-12(8)19(20)21)24(22,23)18-4-2-9(3-5-18)13(15,16)17/h2,6-7H,3-5H2,1H3. The third-order valence-electron chi connectivity index (χ3n) is 3.66. The number of sulfonamides is 1. The molecule has 0 radical (unpaired) electrons. The van der Waals surface area contributed by atoms with Crippen LogP contribution in [0, 0.1) is 17.0 Å². The third-order valence-corrected chi connectivity index (χ3v) is 5.90. The van der Waals surface area contributed by atoms with Crippen molar-refractivity contribution in [3.8, 4) is 0 Å². The van der Waals surface area contributed by atoms with Gasteiger partial charge in [0, 0.05) is 30.3 Å². The molecule has 1 aromatic carbocycles. The van der Waals surface area contributed by atoms with E-state index in [-0.39, 0.29) is 17.1 Å². The zero-order valence-corrected chi connectivity index (χ0v) is 13.9. The summed E-state index contributed by atoms with van der Waals surface area (Å²) in [7, 11) is -4.19. The van der Waals surface area contributed by atoms with E-state index in [2.05, 4.69) is 0 Å². The van der Waals surface area contributed by atoms with Gasteiger partial charge in [-0.25, -0.2) is 8.42 Å². The van der Waals surface area contributed by atoms with Crippen molar-refractivity contribution in [2.24, 2.45) is 0 Å². The molecule has 0 amide bonds. The molecule has 132 valence electrons. The van der Waals surface area contributed by atoms with Crippen LogP contribution in [-0.2, 0) is 10.0 Å². The summed E-state index contributed by atoms with van der Waals surface area (Å²) in [5.41, 5.74) is -1.15. The van der Waals surface area contributed by atoms with Crippen LogP contribution in [0.15, 0.2) is 28.7 Å². The van der Waals surface area contributed by atoms with Crippen molar-refractivity contribution in [3.63, 3.8) is 0 Å². The topological polar surface area (TPSA) is 80.5 Å². The average Bonchev–Trinajstić information content (AvgIpc) is 2.48. The summed E-state index contributed by atoms with van der Waals surface area (Å²) in [4.78, 5) is 9.80. The lowest BCUT2D eigenvalue weighted by Gasteiger charge is -2.26. The van der Waals surface area contributed by atoms with E-state index < -0.39 is 50.2 Å². The predicted octanol–water partition coefficient (Wildman–Crippen LogP) is 3.44. The highest BCUT2D eigenvalue weighted by Gasteiger charge is 2.37. The van der Waals surface area contributed by atoms with Crippen molar-refractivity contribution in [1.82, 2.24) is 4.31 Å². The second kappa shape index (κ2) is 6.34. The molecule has 0 spiro atoms. The molecule has 0 N–H and O–H groups in total. The van der Waals surface area contributed by atoms with Crippen LogP contribution in [0.5, 0.6) is 0 Å². The van der Waals surface area contributed by atoms with E-state index in [0.29, 0.717) is 0 Å². The van der Waals surface area contributed by atoms with Gasteiger partial charge in [0.1, 0.15) is 0 Å². The Balaban J connectivity index is 2.39. The highest BCUT2D eigenvalue weighted by molar-refractivity contribution is 7.89. The molecule has 1 aliphatic rings. The van der Waals surface area contributed by atoms with Gasteiger partial charge in [0.2, 0.25) is 10.0 Å². The highest BCUT2D eigenvalue weighted by atomic mass is 35.5. The summed E-state index contributed by atoms with van der Waals surface area (Å²) in [5, 5.41) is 10.9. The molecule has 0 atom stereocenters. The normalized spacial score (nSPS) is 16.8. The molecule has 1 aromatic rings. The van der Waals surface area contributed by atoms with Gasteiger partial charge in [0.05, 0.1) is 14.8 Å². The van der Waals surface area contributed by atoms with Crippen molar-refractivity contribution in [1.29, 1.82) is 0 Å². The van der Waals surface area contributed by atoms with Crippen molar-refractivity contribution in [2.45, 2.75) is 24.4 Å². The lowest BCUT2D eigenvalue weighted by atomic mass is 10.1. The van der Waals surface area contributed by atoms with Crippen LogP contribution < -0.4 is 0 Å². The minimum atomic E-state index is -4.50. The number of rotatable bonds is 3. The Morgan fingerprint density at radius 1 is 1.33 bits per heavy atom. The minimum Gasteiger partial charge on any atom is -0.258 e. The van der Waals surface area contributed by atoms with Gasteiger partial charge in [-0.1, -0.05) is 17.7 Å². The number of benzene rings is 1. The summed E-state index contributed by atoms with van der Waals surface area (Å²) < 4.78 is 63.7. The van der Waals surface area contributed by atoms with E-state index in [1.165, 1.54) is 6.92 Å². The van der Waals surface area contributed by atoms with Crippen LogP contribution in [0.4, 0.5) is 18.9 Å². The molecule has 0 bridgehead atoms. The summed E-state index contributed by atoms with van der Waals surface area (Å²) in [6.07, 6.45) is -4.18. The Bertz CT molecular complexity index is 821. The molecule has 0 aromatic heterocycles. The number of hydrogen-bond donors (Lipinski definition) is 0. The molecule has 6 nitrogen and oxygen atoms in total. The Kier molecular flexibility index (Phi) is 4.93. The molecule has 2 rings (SSSR count). The summed E-state index contributed by atoms with van der Waals surface area (Å²) in [6, 6.07) is 1.92. The molecule has 0 unspecified atom stereocenters. The maximum atomic E-state index is 12.6. The van der Waals surface area contributed by atoms with Gasteiger partial charge in [-0.3, -0.25) is 10.1 Å². The van der Waals surface area contributed by atoms with Crippen LogP contribution in [0.2, 0.25) is 5.02 Å². The number of alkyl halides is 3. The lowest BCUT2D eigenvalue weighted by molar-refractivity contribution is -0.385. The van der Waals surface area contributed by atoms with Crippen molar-refractivity contribution >= 4 is 27.3 Å². The number of nitro benzene ring substituents is 1. The summed E-state index contributed by atoms with van der Waals surface area (Å²) in [6.45, 7) is 0.541. The van der Waals surface area contributed by atoms with Crippen molar-refractivity contribution in [2.75, 3.05) is 13.1 Å². The molecule has 11 heteroatoms. The molecule has 24 heavy (non-hydrogen) atoms. The largest absolute Gasteiger partial charge is 0.412 e. The van der Waals surface area contributed by atoms with Crippen LogP contribution in [0.1, 0.15) is 12.0 Å². The monoisotopic (exact) mass is 384 g/mol. The molecule has 0 aliphatic carbocycles. The van der Waals surface area contributed by atoms with Gasteiger partial charge in [-0.15, -0.1) is 0 Å². The second-order valence-electron chi connectivity index (χ2n) is 5.15. The SMILES string of the molecule is Cc1c(Cl)cc(S(=O)(=O)N2CC=C(C(F)(F)F)CC2)cc1[N+](=O)[O-]. The van der Waals surface area contributed by atoms with Gasteiger partial charge in [-0.05, 0) is 19.4 Å². The zero-order chi connectivity index (χ0) is 18.3. The fourth-order valence-corrected chi connectivity index (χ4v) is 3.96. The first kappa shape index (κ1) is 18.7. The zero-order valence-electron chi connectivity index (χ0n) is 12.3. The van der Waals surface area contributed by atoms with Gasteiger partial charge >= 0.3 is 6.18 Å². The van der Waals surface area contributed by atoms with Crippen LogP contribution in [0.3, 0.4) is 0 Å².